The summed E-state index contributed by atoms with van der Waals surface area (Å²) in [7, 11) is 2.04. The summed E-state index contributed by atoms with van der Waals surface area (Å²) in [6.45, 7) is 5.87. The van der Waals surface area contributed by atoms with Gasteiger partial charge >= 0.3 is 5.97 Å². The first-order valence-corrected chi connectivity index (χ1v) is 6.80. The van der Waals surface area contributed by atoms with Gasteiger partial charge < -0.3 is 5.11 Å². The maximum absolute atomic E-state index is 11.0. The Morgan fingerprint density at radius 2 is 2.18 bits per heavy atom. The Labute approximate surface area is 106 Å². The first-order valence-electron chi connectivity index (χ1n) is 5.98. The van der Waals surface area contributed by atoms with E-state index in [0.29, 0.717) is 17.0 Å². The largest absolute Gasteiger partial charge is 0.477 e. The molecule has 0 atom stereocenters. The van der Waals surface area contributed by atoms with Gasteiger partial charge in [0.15, 0.2) is 0 Å². The Morgan fingerprint density at radius 3 is 2.65 bits per heavy atom. The molecule has 0 saturated heterocycles. The van der Waals surface area contributed by atoms with Crippen molar-refractivity contribution in [3.8, 4) is 0 Å². The predicted octanol–water partition coefficient (Wildman–Crippen LogP) is 2.64. The van der Waals surface area contributed by atoms with E-state index in [9.17, 15) is 4.79 Å². The molecular weight excluding hydrogens is 236 g/mol. The summed E-state index contributed by atoms with van der Waals surface area (Å²) in [6, 6.07) is 0. The van der Waals surface area contributed by atoms with E-state index in [1.807, 2.05) is 14.0 Å². The monoisotopic (exact) mass is 256 g/mol. The van der Waals surface area contributed by atoms with Crippen LogP contribution in [0, 0.1) is 0 Å². The zero-order valence-electron chi connectivity index (χ0n) is 10.7. The van der Waals surface area contributed by atoms with E-state index in [1.165, 1.54) is 17.8 Å². The number of unbranched alkanes of at least 4 members (excludes halogenated alkanes) is 1. The molecule has 0 aromatic carbocycles. The van der Waals surface area contributed by atoms with Crippen LogP contribution in [-0.4, -0.2) is 34.6 Å². The summed E-state index contributed by atoms with van der Waals surface area (Å²) in [5.74, 6) is -0.859. The van der Waals surface area contributed by atoms with Crippen molar-refractivity contribution in [3.63, 3.8) is 0 Å². The number of carboxylic acids is 1. The fraction of sp³-hybridized carbons (Fsp3) is 0.667. The molecule has 1 N–H and O–H groups in total. The number of nitrogens with zero attached hydrogens (tertiary/aromatic N) is 2. The highest BCUT2D eigenvalue weighted by Gasteiger charge is 2.16. The van der Waals surface area contributed by atoms with E-state index < -0.39 is 5.97 Å². The fourth-order valence-corrected chi connectivity index (χ4v) is 2.68. The van der Waals surface area contributed by atoms with Crippen LogP contribution in [0.15, 0.2) is 0 Å². The van der Waals surface area contributed by atoms with Gasteiger partial charge in [-0.05, 0) is 26.4 Å². The van der Waals surface area contributed by atoms with E-state index in [2.05, 4.69) is 16.8 Å². The average molecular weight is 256 g/mol. The van der Waals surface area contributed by atoms with E-state index in [0.717, 1.165) is 24.5 Å². The topological polar surface area (TPSA) is 53.4 Å². The number of carboxylic acid groups (broad SMARTS) is 1. The van der Waals surface area contributed by atoms with Crippen LogP contribution in [0.4, 0.5) is 0 Å². The van der Waals surface area contributed by atoms with Crippen LogP contribution in [0.3, 0.4) is 0 Å². The molecule has 0 aliphatic rings. The molecular formula is C12H20N2O2S. The highest BCUT2D eigenvalue weighted by Crippen LogP contribution is 2.20. The van der Waals surface area contributed by atoms with Crippen molar-refractivity contribution < 1.29 is 9.90 Å². The van der Waals surface area contributed by atoms with Crippen molar-refractivity contribution >= 4 is 17.3 Å². The van der Waals surface area contributed by atoms with Gasteiger partial charge in [-0.1, -0.05) is 20.3 Å². The fourth-order valence-electron chi connectivity index (χ4n) is 1.61. The van der Waals surface area contributed by atoms with Gasteiger partial charge in [-0.2, -0.15) is 0 Å². The van der Waals surface area contributed by atoms with Gasteiger partial charge in [0.25, 0.3) is 0 Å². The molecule has 96 valence electrons. The molecule has 0 radical (unpaired) electrons. The number of aromatic carboxylic acids is 1. The van der Waals surface area contributed by atoms with Gasteiger partial charge in [0.05, 0.1) is 12.2 Å². The van der Waals surface area contributed by atoms with Crippen molar-refractivity contribution in [3.05, 3.63) is 15.6 Å². The molecule has 0 amide bonds. The Bertz CT molecular complexity index is 377. The van der Waals surface area contributed by atoms with E-state index in [4.69, 9.17) is 5.11 Å². The van der Waals surface area contributed by atoms with Crippen LogP contribution >= 0.6 is 11.3 Å². The lowest BCUT2D eigenvalue weighted by Gasteiger charge is -2.13. The summed E-state index contributed by atoms with van der Waals surface area (Å²) >= 11 is 1.30. The molecule has 5 heteroatoms. The van der Waals surface area contributed by atoms with Crippen molar-refractivity contribution in [1.29, 1.82) is 0 Å². The zero-order chi connectivity index (χ0) is 12.8. The Morgan fingerprint density at radius 1 is 1.47 bits per heavy atom. The molecule has 1 rings (SSSR count). The van der Waals surface area contributed by atoms with Crippen molar-refractivity contribution in [2.45, 2.75) is 39.7 Å². The van der Waals surface area contributed by atoms with Crippen LogP contribution < -0.4 is 0 Å². The highest BCUT2D eigenvalue weighted by molar-refractivity contribution is 7.13. The van der Waals surface area contributed by atoms with Crippen LogP contribution in [0.5, 0.6) is 0 Å². The lowest BCUT2D eigenvalue weighted by atomic mass is 10.3. The molecule has 0 saturated carbocycles. The predicted molar refractivity (Wildman–Crippen MR) is 69.7 cm³/mol. The summed E-state index contributed by atoms with van der Waals surface area (Å²) in [5, 5.41) is 9.94. The van der Waals surface area contributed by atoms with Crippen LogP contribution in [0.1, 0.15) is 47.1 Å². The molecule has 0 fully saturated rings. The van der Waals surface area contributed by atoms with Crippen molar-refractivity contribution in [2.24, 2.45) is 0 Å². The van der Waals surface area contributed by atoms with Gasteiger partial charge in [0.1, 0.15) is 9.88 Å². The molecule has 17 heavy (non-hydrogen) atoms. The smallest absolute Gasteiger partial charge is 0.347 e. The van der Waals surface area contributed by atoms with E-state index in [1.54, 1.807) is 0 Å². The number of rotatable bonds is 7. The van der Waals surface area contributed by atoms with E-state index >= 15 is 0 Å². The third-order valence-electron chi connectivity index (χ3n) is 2.57. The summed E-state index contributed by atoms with van der Waals surface area (Å²) in [4.78, 5) is 18.0. The number of aromatic nitrogens is 1. The quantitative estimate of drug-likeness (QED) is 0.815. The lowest BCUT2D eigenvalue weighted by molar-refractivity contribution is 0.0701. The molecule has 1 heterocycles. The van der Waals surface area contributed by atoms with Gasteiger partial charge in [-0.3, -0.25) is 4.90 Å². The third-order valence-corrected chi connectivity index (χ3v) is 3.64. The van der Waals surface area contributed by atoms with Crippen molar-refractivity contribution in [1.82, 2.24) is 9.88 Å². The lowest BCUT2D eigenvalue weighted by Crippen LogP contribution is -2.18. The summed E-state index contributed by atoms with van der Waals surface area (Å²) < 4.78 is 0. The van der Waals surface area contributed by atoms with E-state index in [-0.39, 0.29) is 0 Å². The van der Waals surface area contributed by atoms with Gasteiger partial charge in [0, 0.05) is 0 Å². The minimum absolute atomic E-state index is 0.395. The number of thiazole rings is 1. The molecule has 0 aliphatic heterocycles. The molecule has 0 bridgehead atoms. The van der Waals surface area contributed by atoms with Gasteiger partial charge in [0.2, 0.25) is 0 Å². The second-order valence-corrected chi connectivity index (χ2v) is 5.22. The highest BCUT2D eigenvalue weighted by atomic mass is 32.1. The minimum atomic E-state index is -0.859. The molecule has 4 nitrogen and oxygen atoms in total. The molecule has 1 aromatic rings. The first kappa shape index (κ1) is 14.1. The Kier molecular flexibility index (Phi) is 5.58. The third kappa shape index (κ3) is 4.09. The normalized spacial score (nSPS) is 11.1. The van der Waals surface area contributed by atoms with Crippen molar-refractivity contribution in [2.75, 3.05) is 13.6 Å². The summed E-state index contributed by atoms with van der Waals surface area (Å²) in [6.07, 6.45) is 3.01. The second-order valence-electron chi connectivity index (χ2n) is 4.13. The van der Waals surface area contributed by atoms with Gasteiger partial charge in [-0.15, -0.1) is 11.3 Å². The second kappa shape index (κ2) is 6.71. The van der Waals surface area contributed by atoms with Gasteiger partial charge in [-0.25, -0.2) is 9.78 Å². The Balaban J connectivity index is 2.68. The molecule has 0 spiro atoms. The van der Waals surface area contributed by atoms with Crippen LogP contribution in [0.25, 0.3) is 0 Å². The van der Waals surface area contributed by atoms with Crippen LogP contribution in [-0.2, 0) is 13.0 Å². The molecule has 0 unspecified atom stereocenters. The number of hydrogen-bond acceptors (Lipinski definition) is 4. The van der Waals surface area contributed by atoms with Crippen LogP contribution in [0.2, 0.25) is 0 Å². The number of hydrogen-bond donors (Lipinski definition) is 1. The standard InChI is InChI=1S/C12H20N2O2S/c1-4-6-7-14(3)8-10-13-9(5-2)11(17-10)12(15)16/h4-8H2,1-3H3,(H,15,16). The maximum atomic E-state index is 11.0. The Hall–Kier alpha value is -0.940. The molecule has 0 aliphatic carbocycles. The number of aryl methyl sites for hydroxylation is 1. The first-order chi connectivity index (χ1) is 8.08. The summed E-state index contributed by atoms with van der Waals surface area (Å²) in [5.41, 5.74) is 0.710. The molecule has 1 aromatic heterocycles. The minimum Gasteiger partial charge on any atom is -0.477 e. The number of carbonyl (C=O) groups is 1. The average Bonchev–Trinajstić information content (AvgIpc) is 2.69. The SMILES string of the molecule is CCCCN(C)Cc1nc(CC)c(C(=O)O)s1. The maximum Gasteiger partial charge on any atom is 0.347 e. The zero-order valence-corrected chi connectivity index (χ0v) is 11.5.